The summed E-state index contributed by atoms with van der Waals surface area (Å²) in [7, 11) is 0. The van der Waals surface area contributed by atoms with Crippen molar-refractivity contribution in [2.24, 2.45) is 0 Å². The van der Waals surface area contributed by atoms with Crippen LogP contribution in [0.2, 0.25) is 0 Å². The Morgan fingerprint density at radius 2 is 2.29 bits per heavy atom. The van der Waals surface area contributed by atoms with Crippen LogP contribution < -0.4 is 5.32 Å². The normalized spacial score (nSPS) is 20.7. The SMILES string of the molecule is Cc1cc(C#CCO)cc(C(=O)NCC2(C)CCCO2)c1. The van der Waals surface area contributed by atoms with Gasteiger partial charge in [0.1, 0.15) is 6.61 Å². The maximum absolute atomic E-state index is 12.3. The van der Waals surface area contributed by atoms with Crippen molar-refractivity contribution in [3.8, 4) is 11.8 Å². The van der Waals surface area contributed by atoms with E-state index in [1.165, 1.54) is 0 Å². The fourth-order valence-corrected chi connectivity index (χ4v) is 2.47. The maximum Gasteiger partial charge on any atom is 0.251 e. The van der Waals surface area contributed by atoms with Crippen molar-refractivity contribution in [1.29, 1.82) is 0 Å². The van der Waals surface area contributed by atoms with E-state index in [-0.39, 0.29) is 18.1 Å². The van der Waals surface area contributed by atoms with Crippen LogP contribution in [0.3, 0.4) is 0 Å². The zero-order valence-electron chi connectivity index (χ0n) is 12.5. The van der Waals surface area contributed by atoms with E-state index in [0.29, 0.717) is 12.1 Å². The quantitative estimate of drug-likeness (QED) is 0.831. The molecule has 1 aromatic rings. The summed E-state index contributed by atoms with van der Waals surface area (Å²) >= 11 is 0. The molecule has 2 N–H and O–H groups in total. The third-order valence-electron chi connectivity index (χ3n) is 3.57. The van der Waals surface area contributed by atoms with Crippen molar-refractivity contribution in [1.82, 2.24) is 5.32 Å². The van der Waals surface area contributed by atoms with Gasteiger partial charge in [-0.1, -0.05) is 11.8 Å². The van der Waals surface area contributed by atoms with Gasteiger partial charge in [-0.05, 0) is 50.5 Å². The van der Waals surface area contributed by atoms with Gasteiger partial charge in [-0.15, -0.1) is 0 Å². The van der Waals surface area contributed by atoms with Gasteiger partial charge in [0.25, 0.3) is 5.91 Å². The molecule has 1 saturated heterocycles. The number of aliphatic hydroxyl groups excluding tert-OH is 1. The molecule has 1 aliphatic rings. The summed E-state index contributed by atoms with van der Waals surface area (Å²) in [5, 5.41) is 11.7. The van der Waals surface area contributed by atoms with Gasteiger partial charge in [0.15, 0.2) is 0 Å². The smallest absolute Gasteiger partial charge is 0.251 e. The highest BCUT2D eigenvalue weighted by Gasteiger charge is 2.30. The highest BCUT2D eigenvalue weighted by molar-refractivity contribution is 5.94. The number of ether oxygens (including phenoxy) is 1. The summed E-state index contributed by atoms with van der Waals surface area (Å²) < 4.78 is 5.66. The van der Waals surface area contributed by atoms with Gasteiger partial charge in [0, 0.05) is 24.3 Å². The lowest BCUT2D eigenvalue weighted by Crippen LogP contribution is -2.40. The molecule has 2 rings (SSSR count). The molecule has 1 aromatic carbocycles. The Morgan fingerprint density at radius 1 is 1.48 bits per heavy atom. The number of amides is 1. The summed E-state index contributed by atoms with van der Waals surface area (Å²) in [6, 6.07) is 5.46. The molecule has 0 aliphatic carbocycles. The van der Waals surface area contributed by atoms with E-state index in [2.05, 4.69) is 17.2 Å². The van der Waals surface area contributed by atoms with Crippen molar-refractivity contribution in [3.05, 3.63) is 34.9 Å². The molecule has 112 valence electrons. The minimum Gasteiger partial charge on any atom is -0.384 e. The zero-order valence-corrected chi connectivity index (χ0v) is 12.5. The van der Waals surface area contributed by atoms with E-state index in [4.69, 9.17) is 9.84 Å². The third kappa shape index (κ3) is 4.32. The number of carbonyl (C=O) groups is 1. The Balaban J connectivity index is 2.06. The average molecular weight is 287 g/mol. The van der Waals surface area contributed by atoms with Gasteiger partial charge in [-0.3, -0.25) is 4.79 Å². The average Bonchev–Trinajstić information content (AvgIpc) is 2.89. The summed E-state index contributed by atoms with van der Waals surface area (Å²) in [4.78, 5) is 12.3. The Kier molecular flexibility index (Phi) is 5.00. The highest BCUT2D eigenvalue weighted by atomic mass is 16.5. The van der Waals surface area contributed by atoms with Gasteiger partial charge in [-0.25, -0.2) is 0 Å². The standard InChI is InChI=1S/C17H21NO3/c1-13-9-14(5-3-7-19)11-15(10-13)16(20)18-12-17(2)6-4-8-21-17/h9-11,19H,4,6-8,12H2,1-2H3,(H,18,20). The van der Waals surface area contributed by atoms with Crippen molar-refractivity contribution >= 4 is 5.91 Å². The fourth-order valence-electron chi connectivity index (χ4n) is 2.47. The topological polar surface area (TPSA) is 58.6 Å². The number of aliphatic hydroxyl groups is 1. The number of benzene rings is 1. The molecular formula is C17H21NO3. The summed E-state index contributed by atoms with van der Waals surface area (Å²) in [5.74, 6) is 5.30. The molecule has 21 heavy (non-hydrogen) atoms. The minimum absolute atomic E-state index is 0.123. The van der Waals surface area contributed by atoms with Crippen LogP contribution in [0.5, 0.6) is 0 Å². The van der Waals surface area contributed by atoms with E-state index in [0.717, 1.165) is 30.6 Å². The van der Waals surface area contributed by atoms with E-state index in [9.17, 15) is 4.79 Å². The summed E-state index contributed by atoms with van der Waals surface area (Å²) in [6.07, 6.45) is 2.01. The van der Waals surface area contributed by atoms with E-state index in [1.807, 2.05) is 26.0 Å². The Hall–Kier alpha value is -1.83. The molecule has 1 atom stereocenters. The van der Waals surface area contributed by atoms with Crippen LogP contribution in [0.4, 0.5) is 0 Å². The van der Waals surface area contributed by atoms with E-state index < -0.39 is 0 Å². The highest BCUT2D eigenvalue weighted by Crippen LogP contribution is 2.24. The number of hydrogen-bond donors (Lipinski definition) is 2. The number of carbonyl (C=O) groups excluding carboxylic acids is 1. The molecule has 1 unspecified atom stereocenters. The monoisotopic (exact) mass is 287 g/mol. The Bertz CT molecular complexity index is 577. The molecule has 4 nitrogen and oxygen atoms in total. The van der Waals surface area contributed by atoms with Crippen molar-refractivity contribution in [3.63, 3.8) is 0 Å². The first-order chi connectivity index (χ1) is 10.0. The maximum atomic E-state index is 12.3. The molecule has 1 amide bonds. The van der Waals surface area contributed by atoms with Crippen LogP contribution in [-0.2, 0) is 4.74 Å². The second-order valence-corrected chi connectivity index (χ2v) is 5.63. The first-order valence-electron chi connectivity index (χ1n) is 7.16. The number of hydrogen-bond acceptors (Lipinski definition) is 3. The lowest BCUT2D eigenvalue weighted by atomic mass is 10.0. The lowest BCUT2D eigenvalue weighted by molar-refractivity contribution is 0.0206. The minimum atomic E-state index is -0.251. The van der Waals surface area contributed by atoms with Crippen LogP contribution >= 0.6 is 0 Å². The molecular weight excluding hydrogens is 266 g/mol. The third-order valence-corrected chi connectivity index (χ3v) is 3.57. The van der Waals surface area contributed by atoms with E-state index in [1.54, 1.807) is 6.07 Å². The predicted octanol–water partition coefficient (Wildman–Crippen LogP) is 1.64. The molecule has 4 heteroatoms. The van der Waals surface area contributed by atoms with Crippen LogP contribution in [0, 0.1) is 18.8 Å². The lowest BCUT2D eigenvalue weighted by Gasteiger charge is -2.23. The fraction of sp³-hybridized carbons (Fsp3) is 0.471. The van der Waals surface area contributed by atoms with Crippen molar-refractivity contribution < 1.29 is 14.6 Å². The molecule has 1 fully saturated rings. The molecule has 1 aliphatic heterocycles. The molecule has 0 spiro atoms. The van der Waals surface area contributed by atoms with Crippen molar-refractivity contribution in [2.45, 2.75) is 32.3 Å². The van der Waals surface area contributed by atoms with Crippen LogP contribution in [0.15, 0.2) is 18.2 Å². The second-order valence-electron chi connectivity index (χ2n) is 5.63. The van der Waals surface area contributed by atoms with Gasteiger partial charge < -0.3 is 15.2 Å². The first kappa shape index (κ1) is 15.6. The van der Waals surface area contributed by atoms with Crippen molar-refractivity contribution in [2.75, 3.05) is 19.8 Å². The molecule has 0 bridgehead atoms. The first-order valence-corrected chi connectivity index (χ1v) is 7.16. The van der Waals surface area contributed by atoms with Gasteiger partial charge in [0.05, 0.1) is 5.60 Å². The van der Waals surface area contributed by atoms with Crippen LogP contribution in [0.25, 0.3) is 0 Å². The van der Waals surface area contributed by atoms with Gasteiger partial charge >= 0.3 is 0 Å². The molecule has 1 heterocycles. The van der Waals surface area contributed by atoms with Gasteiger partial charge in [-0.2, -0.15) is 0 Å². The zero-order chi connectivity index (χ0) is 15.3. The second kappa shape index (κ2) is 6.75. The summed E-state index contributed by atoms with van der Waals surface area (Å²) in [6.45, 7) is 5.03. The van der Waals surface area contributed by atoms with E-state index >= 15 is 0 Å². The Morgan fingerprint density at radius 3 is 2.95 bits per heavy atom. The molecule has 0 radical (unpaired) electrons. The number of nitrogens with one attached hydrogen (secondary N) is 1. The predicted molar refractivity (Wildman–Crippen MR) is 81.1 cm³/mol. The summed E-state index contributed by atoms with van der Waals surface area (Å²) in [5.41, 5.74) is 2.03. The number of aryl methyl sites for hydroxylation is 1. The number of rotatable bonds is 3. The van der Waals surface area contributed by atoms with Crippen LogP contribution in [-0.4, -0.2) is 36.4 Å². The van der Waals surface area contributed by atoms with Crippen LogP contribution in [0.1, 0.15) is 41.3 Å². The molecule has 0 saturated carbocycles. The van der Waals surface area contributed by atoms with Gasteiger partial charge in [0.2, 0.25) is 0 Å². The Labute approximate surface area is 125 Å². The largest absolute Gasteiger partial charge is 0.384 e. The molecule has 0 aromatic heterocycles.